The number of hydrogen-bond donors (Lipinski definition) is 0. The fourth-order valence-electron chi connectivity index (χ4n) is 6.43. The Labute approximate surface area is 156 Å². The van der Waals surface area contributed by atoms with E-state index in [9.17, 15) is 26.3 Å². The van der Waals surface area contributed by atoms with E-state index in [1.54, 1.807) is 0 Å². The second-order valence-electron chi connectivity index (χ2n) is 8.72. The first kappa shape index (κ1) is 20.8. The Kier molecular flexibility index (Phi) is 5.54. The van der Waals surface area contributed by atoms with Crippen LogP contribution in [0.15, 0.2) is 12.8 Å². The van der Waals surface area contributed by atoms with Crippen molar-refractivity contribution >= 4 is 0 Å². The summed E-state index contributed by atoms with van der Waals surface area (Å²) < 4.78 is 89.6. The maximum atomic E-state index is 14.0. The van der Waals surface area contributed by atoms with Gasteiger partial charge in [-0.3, -0.25) is 0 Å². The number of ether oxygens (including phenoxy) is 1. The molecule has 3 fully saturated rings. The number of fused-ring (bicyclic) bond motifs is 2. The molecule has 0 aromatic heterocycles. The van der Waals surface area contributed by atoms with Crippen molar-refractivity contribution in [2.75, 3.05) is 0 Å². The summed E-state index contributed by atoms with van der Waals surface area (Å²) in [5.41, 5.74) is -3.68. The van der Waals surface area contributed by atoms with Gasteiger partial charge >= 0.3 is 12.4 Å². The van der Waals surface area contributed by atoms with Crippen LogP contribution >= 0.6 is 0 Å². The Bertz CT molecular complexity index is 502. The van der Waals surface area contributed by atoms with Crippen LogP contribution in [0.4, 0.5) is 26.3 Å². The fourth-order valence-corrected chi connectivity index (χ4v) is 6.43. The molecule has 0 N–H and O–H groups in total. The highest BCUT2D eigenvalue weighted by Crippen LogP contribution is 2.66. The van der Waals surface area contributed by atoms with Crippen LogP contribution in [0.2, 0.25) is 0 Å². The van der Waals surface area contributed by atoms with Gasteiger partial charge in [0, 0.05) is 0 Å². The van der Waals surface area contributed by atoms with Crippen LogP contribution in [0.25, 0.3) is 0 Å². The van der Waals surface area contributed by atoms with Crippen molar-refractivity contribution < 1.29 is 31.1 Å². The van der Waals surface area contributed by atoms with Crippen molar-refractivity contribution in [1.82, 2.24) is 0 Å². The summed E-state index contributed by atoms with van der Waals surface area (Å²) in [5, 5.41) is 0. The molecule has 4 atom stereocenters. The van der Waals surface area contributed by atoms with Gasteiger partial charge < -0.3 is 4.74 Å². The van der Waals surface area contributed by atoms with Crippen molar-refractivity contribution in [2.24, 2.45) is 35.0 Å². The maximum Gasteiger partial charge on any atom is 0.403 e. The molecule has 1 nitrogen and oxygen atoms in total. The Morgan fingerprint density at radius 3 is 1.44 bits per heavy atom. The van der Waals surface area contributed by atoms with E-state index in [-0.39, 0.29) is 17.9 Å². The third kappa shape index (κ3) is 3.27. The van der Waals surface area contributed by atoms with Crippen LogP contribution in [-0.4, -0.2) is 18.5 Å². The lowest BCUT2D eigenvalue weighted by Crippen LogP contribution is -2.63. The molecule has 0 bridgehead atoms. The van der Waals surface area contributed by atoms with E-state index in [1.807, 2.05) is 0 Å². The zero-order valence-corrected chi connectivity index (χ0v) is 15.6. The summed E-state index contributed by atoms with van der Waals surface area (Å²) in [4.78, 5) is 0. The molecule has 0 aliphatic heterocycles. The summed E-state index contributed by atoms with van der Waals surface area (Å²) in [6.07, 6.45) is -4.53. The largest absolute Gasteiger partial charge is 0.498 e. The van der Waals surface area contributed by atoms with Crippen molar-refractivity contribution in [1.29, 1.82) is 0 Å². The van der Waals surface area contributed by atoms with E-state index in [1.165, 1.54) is 6.26 Å². The second-order valence-corrected chi connectivity index (χ2v) is 8.72. The lowest BCUT2D eigenvalue weighted by Gasteiger charge is -2.59. The molecule has 156 valence electrons. The monoisotopic (exact) mass is 398 g/mol. The number of halogens is 6. The van der Waals surface area contributed by atoms with Gasteiger partial charge in [-0.1, -0.05) is 32.3 Å². The smallest absolute Gasteiger partial charge is 0.403 e. The normalized spacial score (nSPS) is 37.9. The second kappa shape index (κ2) is 7.18. The average Bonchev–Trinajstić information content (AvgIpc) is 2.59. The van der Waals surface area contributed by atoms with Crippen LogP contribution in [0.3, 0.4) is 0 Å². The van der Waals surface area contributed by atoms with Gasteiger partial charge in [-0.2, -0.15) is 26.3 Å². The molecule has 0 saturated heterocycles. The summed E-state index contributed by atoms with van der Waals surface area (Å²) in [5.74, 6) is -3.18. The van der Waals surface area contributed by atoms with Crippen LogP contribution in [0.5, 0.6) is 0 Å². The Morgan fingerprint density at radius 1 is 0.741 bits per heavy atom. The number of rotatable bonds is 3. The van der Waals surface area contributed by atoms with Crippen molar-refractivity contribution in [3.63, 3.8) is 0 Å². The highest BCUT2D eigenvalue weighted by molar-refractivity contribution is 5.09. The lowest BCUT2D eigenvalue weighted by molar-refractivity contribution is -0.372. The minimum absolute atomic E-state index is 0.259. The van der Waals surface area contributed by atoms with E-state index in [2.05, 4.69) is 6.58 Å². The van der Waals surface area contributed by atoms with E-state index in [0.29, 0.717) is 45.4 Å². The minimum atomic E-state index is -5.33. The summed E-state index contributed by atoms with van der Waals surface area (Å²) in [6.45, 7) is 4.00. The van der Waals surface area contributed by atoms with Crippen LogP contribution in [-0.2, 0) is 4.74 Å². The van der Waals surface area contributed by atoms with Crippen molar-refractivity contribution in [3.05, 3.63) is 12.8 Å². The predicted octanol–water partition coefficient (Wildman–Crippen LogP) is 6.89. The molecule has 0 aromatic carbocycles. The maximum absolute atomic E-state index is 14.0. The first-order valence-electron chi connectivity index (χ1n) is 9.94. The molecule has 4 unspecified atom stereocenters. The molecular weight excluding hydrogens is 370 g/mol. The zero-order chi connectivity index (χ0) is 20.0. The van der Waals surface area contributed by atoms with Gasteiger partial charge in [0.25, 0.3) is 0 Å². The molecule has 0 aromatic rings. The molecule has 3 rings (SSSR count). The zero-order valence-electron chi connectivity index (χ0n) is 15.6. The molecular formula is C20H28F6O. The quantitative estimate of drug-likeness (QED) is 0.372. The first-order valence-corrected chi connectivity index (χ1v) is 9.94. The molecule has 0 spiro atoms. The molecule has 0 amide bonds. The van der Waals surface area contributed by atoms with Crippen LogP contribution in [0.1, 0.15) is 58.3 Å². The highest BCUT2D eigenvalue weighted by Gasteiger charge is 2.75. The molecule has 3 aliphatic carbocycles. The molecule has 0 radical (unpaired) electrons. The Hall–Kier alpha value is -0.880. The van der Waals surface area contributed by atoms with Gasteiger partial charge in [-0.15, -0.1) is 0 Å². The molecule has 7 heteroatoms. The van der Waals surface area contributed by atoms with Crippen molar-refractivity contribution in [2.45, 2.75) is 76.7 Å². The standard InChI is InChI=1S/C20H28F6O/c1-3-27-17-14-10-6-4-8-12(14)16(13-9-5-7-11-15(13)17)18(2,19(21,22)23)20(24,25)26/h3,12-17H,1,4-11H2,2H3. The first-order chi connectivity index (χ1) is 12.5. The lowest BCUT2D eigenvalue weighted by atomic mass is 9.47. The summed E-state index contributed by atoms with van der Waals surface area (Å²) in [7, 11) is 0. The third-order valence-electron chi connectivity index (χ3n) is 7.61. The predicted molar refractivity (Wildman–Crippen MR) is 89.7 cm³/mol. The van der Waals surface area contributed by atoms with E-state index >= 15 is 0 Å². The highest BCUT2D eigenvalue weighted by atomic mass is 19.4. The molecule has 3 aliphatic rings. The average molecular weight is 398 g/mol. The molecule has 3 saturated carbocycles. The van der Waals surface area contributed by atoms with E-state index < -0.39 is 35.5 Å². The Balaban J connectivity index is 2.12. The van der Waals surface area contributed by atoms with Gasteiger partial charge in [0.05, 0.1) is 6.26 Å². The van der Waals surface area contributed by atoms with Gasteiger partial charge in [-0.05, 0) is 62.2 Å². The summed E-state index contributed by atoms with van der Waals surface area (Å²) in [6, 6.07) is 0. The topological polar surface area (TPSA) is 9.23 Å². The van der Waals surface area contributed by atoms with Gasteiger partial charge in [0.15, 0.2) is 5.41 Å². The summed E-state index contributed by atoms with van der Waals surface area (Å²) >= 11 is 0. The van der Waals surface area contributed by atoms with Crippen molar-refractivity contribution in [3.8, 4) is 0 Å². The Morgan fingerprint density at radius 2 is 1.11 bits per heavy atom. The van der Waals surface area contributed by atoms with Gasteiger partial charge in [0.1, 0.15) is 6.10 Å². The minimum Gasteiger partial charge on any atom is -0.498 e. The SMILES string of the molecule is C=COC1C2CCCCC2C(C(C)(C(F)(F)F)C(F)(F)F)C2CCCCC21. The number of alkyl halides is 6. The van der Waals surface area contributed by atoms with E-state index in [0.717, 1.165) is 12.8 Å². The molecule has 0 heterocycles. The van der Waals surface area contributed by atoms with Gasteiger partial charge in [0.2, 0.25) is 0 Å². The molecule has 27 heavy (non-hydrogen) atoms. The van der Waals surface area contributed by atoms with E-state index in [4.69, 9.17) is 4.74 Å². The number of hydrogen-bond acceptors (Lipinski definition) is 1. The van der Waals surface area contributed by atoms with Gasteiger partial charge in [-0.25, -0.2) is 0 Å². The van der Waals surface area contributed by atoms with Crippen LogP contribution < -0.4 is 0 Å². The third-order valence-corrected chi connectivity index (χ3v) is 7.61. The van der Waals surface area contributed by atoms with Crippen LogP contribution in [0, 0.1) is 35.0 Å². The fraction of sp³-hybridized carbons (Fsp3) is 0.900.